The zero-order valence-corrected chi connectivity index (χ0v) is 13.9. The Balaban J connectivity index is 2.21. The molecule has 1 aromatic carbocycles. The summed E-state index contributed by atoms with van der Waals surface area (Å²) in [6.45, 7) is 0. The Morgan fingerprint density at radius 3 is 2.40 bits per heavy atom. The summed E-state index contributed by atoms with van der Waals surface area (Å²) in [4.78, 5) is 8.79. The van der Waals surface area contributed by atoms with Crippen LogP contribution < -0.4 is 0 Å². The van der Waals surface area contributed by atoms with Gasteiger partial charge in [-0.15, -0.1) is 0 Å². The average molecular weight is 414 g/mol. The Bertz CT molecular complexity index is 759. The smallest absolute Gasteiger partial charge is 0.198 e. The molecule has 0 spiro atoms. The maximum Gasteiger partial charge on any atom is 0.198 e. The SMILES string of the molecule is Clc1nc(-c2occc2Br)nc(-c2ccccc2)c1Br. The molecular weight excluding hydrogens is 407 g/mol. The van der Waals surface area contributed by atoms with Gasteiger partial charge < -0.3 is 4.42 Å². The molecule has 3 rings (SSSR count). The van der Waals surface area contributed by atoms with Crippen LogP contribution in [0.1, 0.15) is 0 Å². The lowest BCUT2D eigenvalue weighted by Crippen LogP contribution is -1.94. The maximum atomic E-state index is 6.18. The lowest BCUT2D eigenvalue weighted by atomic mass is 10.1. The zero-order valence-electron chi connectivity index (χ0n) is 9.98. The van der Waals surface area contributed by atoms with E-state index in [9.17, 15) is 0 Å². The topological polar surface area (TPSA) is 38.9 Å². The van der Waals surface area contributed by atoms with Gasteiger partial charge in [0.25, 0.3) is 0 Å². The summed E-state index contributed by atoms with van der Waals surface area (Å²) in [6.07, 6.45) is 1.57. The lowest BCUT2D eigenvalue weighted by molar-refractivity contribution is 0.576. The van der Waals surface area contributed by atoms with Crippen molar-refractivity contribution in [3.05, 3.63) is 56.8 Å². The molecule has 0 saturated carbocycles. The monoisotopic (exact) mass is 412 g/mol. The van der Waals surface area contributed by atoms with Crippen molar-refractivity contribution in [3.8, 4) is 22.8 Å². The van der Waals surface area contributed by atoms with Crippen molar-refractivity contribution in [3.63, 3.8) is 0 Å². The van der Waals surface area contributed by atoms with Crippen molar-refractivity contribution in [2.75, 3.05) is 0 Å². The minimum absolute atomic E-state index is 0.345. The molecule has 0 aliphatic carbocycles. The summed E-state index contributed by atoms with van der Waals surface area (Å²) in [7, 11) is 0. The van der Waals surface area contributed by atoms with Gasteiger partial charge in [-0.25, -0.2) is 9.97 Å². The van der Waals surface area contributed by atoms with E-state index in [1.165, 1.54) is 0 Å². The van der Waals surface area contributed by atoms with E-state index in [4.69, 9.17) is 16.0 Å². The van der Waals surface area contributed by atoms with Gasteiger partial charge in [0.1, 0.15) is 5.15 Å². The molecular formula is C14H7Br2ClN2O. The molecule has 0 bridgehead atoms. The van der Waals surface area contributed by atoms with Gasteiger partial charge in [-0.2, -0.15) is 0 Å². The molecule has 0 radical (unpaired) electrons. The Kier molecular flexibility index (Phi) is 3.92. The zero-order chi connectivity index (χ0) is 14.1. The first-order chi connectivity index (χ1) is 9.66. The van der Waals surface area contributed by atoms with Gasteiger partial charge in [0.2, 0.25) is 0 Å². The molecule has 2 aromatic heterocycles. The van der Waals surface area contributed by atoms with Gasteiger partial charge in [-0.1, -0.05) is 41.9 Å². The highest BCUT2D eigenvalue weighted by molar-refractivity contribution is 9.11. The van der Waals surface area contributed by atoms with Crippen molar-refractivity contribution < 1.29 is 4.42 Å². The second-order valence-corrected chi connectivity index (χ2v) is 5.97. The Morgan fingerprint density at radius 1 is 1.00 bits per heavy atom. The molecule has 6 heteroatoms. The maximum absolute atomic E-state index is 6.18. The number of aromatic nitrogens is 2. The third kappa shape index (κ3) is 2.53. The minimum Gasteiger partial charge on any atom is -0.460 e. The minimum atomic E-state index is 0.345. The van der Waals surface area contributed by atoms with Crippen LogP contribution in [-0.4, -0.2) is 9.97 Å². The van der Waals surface area contributed by atoms with Crippen molar-refractivity contribution in [2.45, 2.75) is 0 Å². The number of furan rings is 1. The lowest BCUT2D eigenvalue weighted by Gasteiger charge is -2.07. The molecule has 0 amide bonds. The highest BCUT2D eigenvalue weighted by atomic mass is 79.9. The Hall–Kier alpha value is -1.17. The van der Waals surface area contributed by atoms with E-state index < -0.39 is 0 Å². The molecule has 100 valence electrons. The molecule has 0 atom stereocenters. The number of halogens is 3. The number of nitrogens with zero attached hydrogens (tertiary/aromatic N) is 2. The van der Waals surface area contributed by atoms with Crippen molar-refractivity contribution in [1.29, 1.82) is 0 Å². The van der Waals surface area contributed by atoms with E-state index in [1.54, 1.807) is 12.3 Å². The Labute approximate surface area is 137 Å². The first-order valence-corrected chi connectivity index (χ1v) is 7.65. The predicted molar refractivity (Wildman–Crippen MR) is 85.6 cm³/mol. The fraction of sp³-hybridized carbons (Fsp3) is 0. The van der Waals surface area contributed by atoms with Gasteiger partial charge in [-0.05, 0) is 37.9 Å². The fourth-order valence-electron chi connectivity index (χ4n) is 1.76. The summed E-state index contributed by atoms with van der Waals surface area (Å²) >= 11 is 13.0. The van der Waals surface area contributed by atoms with Crippen LogP contribution in [0.2, 0.25) is 5.15 Å². The van der Waals surface area contributed by atoms with Gasteiger partial charge in [0, 0.05) is 5.56 Å². The molecule has 0 aliphatic heterocycles. The van der Waals surface area contributed by atoms with Gasteiger partial charge in [-0.3, -0.25) is 0 Å². The molecule has 3 aromatic rings. The predicted octanol–water partition coefficient (Wildman–Crippen LogP) is 5.58. The molecule has 0 saturated heterocycles. The highest BCUT2D eigenvalue weighted by Gasteiger charge is 2.17. The van der Waals surface area contributed by atoms with Gasteiger partial charge in [0.15, 0.2) is 11.6 Å². The highest BCUT2D eigenvalue weighted by Crippen LogP contribution is 2.35. The number of hydrogen-bond donors (Lipinski definition) is 0. The second kappa shape index (κ2) is 5.68. The first-order valence-electron chi connectivity index (χ1n) is 5.68. The van der Waals surface area contributed by atoms with Gasteiger partial charge >= 0.3 is 0 Å². The van der Waals surface area contributed by atoms with Crippen LogP contribution in [0.3, 0.4) is 0 Å². The van der Waals surface area contributed by atoms with Crippen LogP contribution >= 0.6 is 43.5 Å². The summed E-state index contributed by atoms with van der Waals surface area (Å²) < 4.78 is 6.84. The van der Waals surface area contributed by atoms with E-state index in [-0.39, 0.29) is 0 Å². The molecule has 20 heavy (non-hydrogen) atoms. The third-order valence-electron chi connectivity index (χ3n) is 2.68. The van der Waals surface area contributed by atoms with Crippen molar-refractivity contribution in [2.24, 2.45) is 0 Å². The van der Waals surface area contributed by atoms with Crippen molar-refractivity contribution >= 4 is 43.5 Å². The third-order valence-corrected chi connectivity index (χ3v) is 4.56. The second-order valence-electron chi connectivity index (χ2n) is 3.96. The molecule has 3 nitrogen and oxygen atoms in total. The normalized spacial score (nSPS) is 10.8. The quantitative estimate of drug-likeness (QED) is 0.514. The summed E-state index contributed by atoms with van der Waals surface area (Å²) in [5.41, 5.74) is 1.68. The summed E-state index contributed by atoms with van der Waals surface area (Å²) in [5, 5.41) is 0.345. The van der Waals surface area contributed by atoms with E-state index in [2.05, 4.69) is 41.8 Å². The summed E-state index contributed by atoms with van der Waals surface area (Å²) in [5.74, 6) is 0.991. The van der Waals surface area contributed by atoms with E-state index in [0.717, 1.165) is 15.7 Å². The summed E-state index contributed by atoms with van der Waals surface area (Å²) in [6, 6.07) is 11.6. The van der Waals surface area contributed by atoms with Crippen LogP contribution in [0.25, 0.3) is 22.8 Å². The van der Waals surface area contributed by atoms with Gasteiger partial charge in [0.05, 0.1) is 20.9 Å². The number of rotatable bonds is 2. The first kappa shape index (κ1) is 13.8. The van der Waals surface area contributed by atoms with E-state index in [1.807, 2.05) is 30.3 Å². The van der Waals surface area contributed by atoms with Crippen LogP contribution in [0, 0.1) is 0 Å². The fourth-order valence-corrected chi connectivity index (χ4v) is 2.72. The molecule has 0 fully saturated rings. The largest absolute Gasteiger partial charge is 0.460 e. The van der Waals surface area contributed by atoms with Crippen LogP contribution in [0.15, 0.2) is 56.0 Å². The number of benzene rings is 1. The average Bonchev–Trinajstić information content (AvgIpc) is 2.89. The van der Waals surface area contributed by atoms with E-state index in [0.29, 0.717) is 21.2 Å². The molecule has 0 unspecified atom stereocenters. The van der Waals surface area contributed by atoms with Crippen LogP contribution in [0.4, 0.5) is 0 Å². The van der Waals surface area contributed by atoms with E-state index >= 15 is 0 Å². The van der Waals surface area contributed by atoms with Crippen LogP contribution in [-0.2, 0) is 0 Å². The molecule has 0 aliphatic rings. The number of hydrogen-bond acceptors (Lipinski definition) is 3. The molecule has 2 heterocycles. The van der Waals surface area contributed by atoms with Crippen LogP contribution in [0.5, 0.6) is 0 Å². The Morgan fingerprint density at radius 2 is 1.75 bits per heavy atom. The molecule has 0 N–H and O–H groups in total. The standard InChI is InChI=1S/C14H7Br2ClN2O/c15-9-6-7-20-12(9)14-18-11(10(16)13(17)19-14)8-4-2-1-3-5-8/h1-7H. The van der Waals surface area contributed by atoms with Crippen molar-refractivity contribution in [1.82, 2.24) is 9.97 Å².